The summed E-state index contributed by atoms with van der Waals surface area (Å²) in [5.74, 6) is 0. The van der Waals surface area contributed by atoms with Gasteiger partial charge < -0.3 is 19.8 Å². The minimum absolute atomic E-state index is 0. The van der Waals surface area contributed by atoms with Crippen molar-refractivity contribution in [2.75, 3.05) is 0 Å². The molecule has 0 aliphatic rings. The molecule has 4 nitrogen and oxygen atoms in total. The summed E-state index contributed by atoms with van der Waals surface area (Å²) >= 11 is 0. The molecule has 0 aromatic rings. The van der Waals surface area contributed by atoms with E-state index in [-0.39, 0.29) is 26.2 Å². The smallest absolute Gasteiger partial charge is 0.196 e. The van der Waals surface area contributed by atoms with Crippen molar-refractivity contribution in [2.24, 2.45) is 0 Å². The Balaban J connectivity index is -0.000000112. The molecule has 0 radical (unpaired) electrons. The maximum atomic E-state index is 10.4. The molecule has 0 saturated carbocycles. The van der Waals surface area contributed by atoms with Crippen LogP contribution >= 0.6 is 0 Å². The van der Waals surface area contributed by atoms with Crippen molar-refractivity contribution in [3.63, 3.8) is 0 Å². The van der Waals surface area contributed by atoms with Gasteiger partial charge in [0.15, 0.2) is 16.6 Å². The van der Waals surface area contributed by atoms with Crippen molar-refractivity contribution >= 4 is 16.6 Å². The molecule has 0 atom stereocenters. The van der Waals surface area contributed by atoms with Gasteiger partial charge in [-0.2, -0.15) is 0 Å². The second-order valence-corrected chi connectivity index (χ2v) is 23.5. The van der Waals surface area contributed by atoms with E-state index >= 15 is 0 Å². The second-order valence-electron chi connectivity index (χ2n) is 13.0. The molecule has 7 heteroatoms. The van der Waals surface area contributed by atoms with Crippen LogP contribution in [-0.2, 0) is 26.2 Å². The van der Waals surface area contributed by atoms with E-state index in [9.17, 15) is 9.59 Å². The molecule has 33 heavy (non-hydrogen) atoms. The molecule has 0 aromatic carbocycles. The maximum absolute atomic E-state index is 10.4. The van der Waals surface area contributed by atoms with E-state index in [4.69, 9.17) is 10.2 Å². The van der Waals surface area contributed by atoms with Crippen LogP contribution in [0.15, 0.2) is 0 Å². The molecule has 0 saturated heterocycles. The summed E-state index contributed by atoms with van der Waals surface area (Å²) in [6, 6.07) is 0. The molecule has 0 heterocycles. The third kappa shape index (κ3) is 23.3. The van der Waals surface area contributed by atoms with E-state index in [1.165, 1.54) is 0 Å². The Kier molecular flexibility index (Phi) is 24.6. The minimum atomic E-state index is -1.98. The maximum Gasteiger partial charge on any atom is 0.196 e. The van der Waals surface area contributed by atoms with Gasteiger partial charge in [0.05, 0.1) is 11.2 Å². The predicted octanol–water partition coefficient (Wildman–Crippen LogP) is 7.86. The molecule has 204 valence electrons. The molecule has 0 unspecified atom stereocenters. The average Bonchev–Trinajstić information content (AvgIpc) is 2.49. The van der Waals surface area contributed by atoms with E-state index in [0.717, 1.165) is 0 Å². The first-order chi connectivity index (χ1) is 13.7. The Bertz CT molecular complexity index is 355. The second kappa shape index (κ2) is 18.4. The van der Waals surface area contributed by atoms with Crippen LogP contribution in [0.4, 0.5) is 0 Å². The molecule has 0 bridgehead atoms. The third-order valence-electron chi connectivity index (χ3n) is 5.55. The Morgan fingerprint density at radius 3 is 0.455 bits per heavy atom. The van der Waals surface area contributed by atoms with Gasteiger partial charge in [0.2, 0.25) is 0 Å². The topological polar surface area (TPSA) is 80.9 Å². The number of hydrogen-bond donors (Lipinski definition) is 4. The van der Waals surface area contributed by atoms with E-state index in [1.54, 1.807) is 41.5 Å². The quantitative estimate of drug-likeness (QED) is 0.238. The van der Waals surface area contributed by atoms with Gasteiger partial charge in [-0.3, -0.25) is 0 Å². The average molecular weight is 588 g/mol. The molecule has 0 aliphatic carbocycles. The third-order valence-corrected chi connectivity index (χ3v) is 16.6. The van der Waals surface area contributed by atoms with Gasteiger partial charge in [-0.15, -0.1) is 0 Å². The summed E-state index contributed by atoms with van der Waals surface area (Å²) in [6.45, 7) is 36.2. The fourth-order valence-corrected chi connectivity index (χ4v) is 12.0. The van der Waals surface area contributed by atoms with Gasteiger partial charge in [-0.25, -0.2) is 0 Å². The van der Waals surface area contributed by atoms with Crippen LogP contribution in [0, 0.1) is 0 Å². The fraction of sp³-hybridized carbons (Fsp3) is 1.00. The molecule has 4 N–H and O–H groups in total. The SMILES string of the molecule is CC(C)(C)O.CC(C)(C)O.CC(C)[Si](O)(C(C)C)C(C)C.CC(C)[Si](O)(C(C)C)C(C)C.[Zr]. The first-order valence-electron chi connectivity index (χ1n) is 12.6. The standard InChI is InChI=1S/2C9H22OSi.2C4H10O.Zr/c2*1-7(2)11(10,8(3)4)9(5)6;2*1-4(2,3)5;/h2*7-10H,1-6H3;2*5H,1-3H3;. The summed E-state index contributed by atoms with van der Waals surface area (Å²) in [6.07, 6.45) is 0. The van der Waals surface area contributed by atoms with Crippen LogP contribution in [0.1, 0.15) is 125 Å². The van der Waals surface area contributed by atoms with Crippen molar-refractivity contribution in [3.05, 3.63) is 0 Å². The molecule has 0 rings (SSSR count). The molecular weight excluding hydrogens is 524 g/mol. The number of rotatable bonds is 6. The van der Waals surface area contributed by atoms with Gasteiger partial charge in [0.25, 0.3) is 0 Å². The predicted molar refractivity (Wildman–Crippen MR) is 150 cm³/mol. The van der Waals surface area contributed by atoms with Gasteiger partial charge in [-0.05, 0) is 74.8 Å². The van der Waals surface area contributed by atoms with Crippen molar-refractivity contribution in [1.29, 1.82) is 0 Å². The summed E-state index contributed by atoms with van der Waals surface area (Å²) < 4.78 is 0. The monoisotopic (exact) mass is 586 g/mol. The van der Waals surface area contributed by atoms with Crippen LogP contribution in [0.5, 0.6) is 0 Å². The largest absolute Gasteiger partial charge is 0.431 e. The summed E-state index contributed by atoms with van der Waals surface area (Å²) in [7, 11) is -3.96. The van der Waals surface area contributed by atoms with Crippen LogP contribution in [0.2, 0.25) is 33.2 Å². The van der Waals surface area contributed by atoms with Crippen LogP contribution < -0.4 is 0 Å². The van der Waals surface area contributed by atoms with Crippen LogP contribution in [-0.4, -0.2) is 47.6 Å². The van der Waals surface area contributed by atoms with Gasteiger partial charge in [-0.1, -0.05) is 83.1 Å². The Hall–Kier alpha value is 1.16. The van der Waals surface area contributed by atoms with Gasteiger partial charge >= 0.3 is 0 Å². The normalized spacial score (nSPS) is 12.7. The Labute approximate surface area is 230 Å². The molecule has 0 spiro atoms. The molecule has 0 fully saturated rings. The number of aliphatic hydroxyl groups is 2. The summed E-state index contributed by atoms with van der Waals surface area (Å²) in [4.78, 5) is 20.8. The molecule has 0 aromatic heterocycles. The first-order valence-corrected chi connectivity index (χ1v) is 16.9. The summed E-state index contributed by atoms with van der Waals surface area (Å²) in [5, 5.41) is 17.0. The van der Waals surface area contributed by atoms with E-state index in [1.807, 2.05) is 0 Å². The van der Waals surface area contributed by atoms with E-state index < -0.39 is 27.8 Å². The van der Waals surface area contributed by atoms with Crippen molar-refractivity contribution in [2.45, 2.75) is 169 Å². The van der Waals surface area contributed by atoms with E-state index in [2.05, 4.69) is 83.1 Å². The Morgan fingerprint density at radius 2 is 0.455 bits per heavy atom. The van der Waals surface area contributed by atoms with E-state index in [0.29, 0.717) is 33.2 Å². The Morgan fingerprint density at radius 1 is 0.394 bits per heavy atom. The van der Waals surface area contributed by atoms with Crippen molar-refractivity contribution in [3.8, 4) is 0 Å². The zero-order valence-corrected chi connectivity index (χ0v) is 30.2. The summed E-state index contributed by atoms with van der Waals surface area (Å²) in [5.41, 5.74) is 1.85. The van der Waals surface area contributed by atoms with Gasteiger partial charge in [0, 0.05) is 26.2 Å². The van der Waals surface area contributed by atoms with Crippen molar-refractivity contribution in [1.82, 2.24) is 0 Å². The zero-order chi connectivity index (χ0) is 27.5. The first kappa shape index (κ1) is 44.2. The van der Waals surface area contributed by atoms with Crippen molar-refractivity contribution < 1.29 is 46.0 Å². The van der Waals surface area contributed by atoms with Crippen LogP contribution in [0.25, 0.3) is 0 Å². The molecule has 0 aliphatic heterocycles. The van der Waals surface area contributed by atoms with Gasteiger partial charge in [0.1, 0.15) is 0 Å². The van der Waals surface area contributed by atoms with Crippen LogP contribution in [0.3, 0.4) is 0 Å². The molecule has 0 amide bonds. The zero-order valence-electron chi connectivity index (χ0n) is 25.8. The fourth-order valence-electron chi connectivity index (χ4n) is 4.00. The molecular formula is C26H64O4Si2Zr. The minimum Gasteiger partial charge on any atom is -0.431 e. The number of hydrogen-bond acceptors (Lipinski definition) is 4.